The lowest BCUT2D eigenvalue weighted by atomic mass is 9.96. The first-order valence-electron chi connectivity index (χ1n) is 12.7. The predicted molar refractivity (Wildman–Crippen MR) is 139 cm³/mol. The van der Waals surface area contributed by atoms with E-state index in [0.717, 1.165) is 11.1 Å². The summed E-state index contributed by atoms with van der Waals surface area (Å²) in [6.45, 7) is 9.00. The summed E-state index contributed by atoms with van der Waals surface area (Å²) in [7, 11) is 0. The van der Waals surface area contributed by atoms with Crippen LogP contribution in [0.3, 0.4) is 0 Å². The van der Waals surface area contributed by atoms with Crippen LogP contribution in [0.5, 0.6) is 5.75 Å². The van der Waals surface area contributed by atoms with E-state index < -0.39 is 6.23 Å². The highest BCUT2D eigenvalue weighted by molar-refractivity contribution is 5.91. The number of carbonyl (C=O) groups is 1. The van der Waals surface area contributed by atoms with Crippen LogP contribution in [-0.2, 0) is 24.2 Å². The maximum atomic E-state index is 12.9. The fourth-order valence-electron chi connectivity index (χ4n) is 4.43. The van der Waals surface area contributed by atoms with Crippen LogP contribution < -0.4 is 10.1 Å². The Morgan fingerprint density at radius 2 is 2.18 bits per heavy atom. The fourth-order valence-corrected chi connectivity index (χ4v) is 4.43. The zero-order valence-corrected chi connectivity index (χ0v) is 21.9. The monoisotopic (exact) mass is 517 g/mol. The van der Waals surface area contributed by atoms with Crippen molar-refractivity contribution in [2.45, 2.75) is 59.4 Å². The second-order valence-corrected chi connectivity index (χ2v) is 9.43. The van der Waals surface area contributed by atoms with E-state index in [0.29, 0.717) is 66.2 Å². The van der Waals surface area contributed by atoms with E-state index in [1.165, 1.54) is 6.08 Å². The second kappa shape index (κ2) is 11.0. The first kappa shape index (κ1) is 25.4. The molecule has 11 nitrogen and oxygen atoms in total. The predicted octanol–water partition coefficient (Wildman–Crippen LogP) is 3.99. The summed E-state index contributed by atoms with van der Waals surface area (Å²) in [5, 5.41) is 18.1. The summed E-state index contributed by atoms with van der Waals surface area (Å²) in [5.41, 5.74) is 3.50. The number of tetrazole rings is 1. The van der Waals surface area contributed by atoms with Crippen molar-refractivity contribution in [2.24, 2.45) is 0 Å². The lowest BCUT2D eigenvalue weighted by Crippen LogP contribution is -2.35. The van der Waals surface area contributed by atoms with Crippen molar-refractivity contribution in [2.75, 3.05) is 6.54 Å². The van der Waals surface area contributed by atoms with Gasteiger partial charge in [0.15, 0.2) is 12.1 Å². The van der Waals surface area contributed by atoms with Crippen LogP contribution in [0.1, 0.15) is 61.2 Å². The molecule has 1 aromatic carbocycles. The van der Waals surface area contributed by atoms with Crippen molar-refractivity contribution in [3.8, 4) is 17.1 Å². The van der Waals surface area contributed by atoms with Gasteiger partial charge in [0.05, 0.1) is 11.8 Å². The molecule has 0 fully saturated rings. The van der Waals surface area contributed by atoms with Crippen LogP contribution in [-0.4, -0.2) is 49.0 Å². The molecule has 1 aliphatic heterocycles. The van der Waals surface area contributed by atoms with Gasteiger partial charge in [-0.05, 0) is 73.9 Å². The fraction of sp³-hybridized carbons (Fsp3) is 0.370. The van der Waals surface area contributed by atoms with Crippen LogP contribution in [0.25, 0.3) is 17.5 Å². The quantitative estimate of drug-likeness (QED) is 0.249. The third-order valence-corrected chi connectivity index (χ3v) is 6.30. The first-order chi connectivity index (χ1) is 18.4. The molecule has 1 amide bonds. The van der Waals surface area contributed by atoms with Gasteiger partial charge >= 0.3 is 0 Å². The molecule has 4 aromatic rings. The molecule has 0 radical (unpaired) electrons. The minimum Gasteiger partial charge on any atom is -0.469 e. The molecule has 1 unspecified atom stereocenters. The molecule has 0 bridgehead atoms. The second-order valence-electron chi connectivity index (χ2n) is 9.43. The Bertz CT molecular complexity index is 1410. The summed E-state index contributed by atoms with van der Waals surface area (Å²) in [6, 6.07) is 7.69. The number of amides is 1. The third kappa shape index (κ3) is 5.52. The molecular formula is C27H31N7O4. The van der Waals surface area contributed by atoms with Gasteiger partial charge in [-0.15, -0.1) is 10.2 Å². The number of oxazole rings is 1. The van der Waals surface area contributed by atoms with Gasteiger partial charge in [-0.2, -0.15) is 5.21 Å². The molecule has 38 heavy (non-hydrogen) atoms. The van der Waals surface area contributed by atoms with Crippen molar-refractivity contribution in [1.29, 1.82) is 0 Å². The van der Waals surface area contributed by atoms with E-state index in [9.17, 15) is 4.79 Å². The van der Waals surface area contributed by atoms with E-state index in [1.807, 2.05) is 39.8 Å². The van der Waals surface area contributed by atoms with Gasteiger partial charge < -0.3 is 18.5 Å². The van der Waals surface area contributed by atoms with Gasteiger partial charge in [-0.3, -0.25) is 10.1 Å². The van der Waals surface area contributed by atoms with Crippen molar-refractivity contribution < 1.29 is 18.4 Å². The van der Waals surface area contributed by atoms with Crippen LogP contribution >= 0.6 is 0 Å². The number of furan rings is 1. The van der Waals surface area contributed by atoms with E-state index >= 15 is 0 Å². The zero-order valence-electron chi connectivity index (χ0n) is 21.9. The van der Waals surface area contributed by atoms with Gasteiger partial charge in [-0.25, -0.2) is 4.98 Å². The van der Waals surface area contributed by atoms with Crippen LogP contribution in [0.15, 0.2) is 45.4 Å². The summed E-state index contributed by atoms with van der Waals surface area (Å²) in [4.78, 5) is 19.4. The van der Waals surface area contributed by atoms with E-state index in [2.05, 4.69) is 30.9 Å². The number of aromatic amines is 1. The highest BCUT2D eigenvalue weighted by atomic mass is 16.5. The maximum Gasteiger partial charge on any atom is 0.246 e. The lowest BCUT2D eigenvalue weighted by molar-refractivity contribution is -0.126. The van der Waals surface area contributed by atoms with Crippen LogP contribution in [0, 0.1) is 6.92 Å². The third-order valence-electron chi connectivity index (χ3n) is 6.30. The molecule has 5 rings (SSSR count). The average Bonchev–Trinajstić information content (AvgIpc) is 3.68. The summed E-state index contributed by atoms with van der Waals surface area (Å²) >= 11 is 0. The van der Waals surface area contributed by atoms with Gasteiger partial charge in [0.1, 0.15) is 23.0 Å². The molecule has 0 aliphatic carbocycles. The Morgan fingerprint density at radius 3 is 2.87 bits per heavy atom. The largest absolute Gasteiger partial charge is 0.469 e. The molecule has 1 aliphatic rings. The summed E-state index contributed by atoms with van der Waals surface area (Å²) in [5.74, 6) is 2.88. The van der Waals surface area contributed by atoms with Gasteiger partial charge in [-0.1, -0.05) is 6.92 Å². The molecule has 0 saturated heterocycles. The number of nitrogens with zero attached hydrogens (tertiary/aromatic N) is 5. The SMILES string of the molecule is CCc1nc(C(NC(C)C)Oc2cc3c(cc2-c2nn[nH]n2)CCN(C(=O)/C=C/c2ccco2)C3)c(C)o1. The molecule has 3 aromatic heterocycles. The van der Waals surface area contributed by atoms with E-state index in [-0.39, 0.29) is 11.9 Å². The van der Waals surface area contributed by atoms with E-state index in [4.69, 9.17) is 13.6 Å². The van der Waals surface area contributed by atoms with Crippen molar-refractivity contribution in [3.63, 3.8) is 0 Å². The Hall–Kier alpha value is -4.25. The maximum absolute atomic E-state index is 12.9. The van der Waals surface area contributed by atoms with Gasteiger partial charge in [0.2, 0.25) is 11.7 Å². The van der Waals surface area contributed by atoms with Gasteiger partial charge in [0, 0.05) is 31.6 Å². The van der Waals surface area contributed by atoms with E-state index in [1.54, 1.807) is 29.4 Å². The van der Waals surface area contributed by atoms with Crippen molar-refractivity contribution in [1.82, 2.24) is 35.8 Å². The number of aromatic nitrogens is 5. The molecule has 0 spiro atoms. The molecular weight excluding hydrogens is 486 g/mol. The Balaban J connectivity index is 1.47. The summed E-state index contributed by atoms with van der Waals surface area (Å²) < 4.78 is 17.7. The van der Waals surface area contributed by atoms with Crippen molar-refractivity contribution >= 4 is 12.0 Å². The molecule has 11 heteroatoms. The molecule has 2 N–H and O–H groups in total. The number of aryl methyl sites for hydroxylation is 2. The topological polar surface area (TPSA) is 135 Å². The number of rotatable bonds is 9. The molecule has 198 valence electrons. The number of hydrogen-bond donors (Lipinski definition) is 2. The van der Waals surface area contributed by atoms with Gasteiger partial charge in [0.25, 0.3) is 0 Å². The normalized spacial score (nSPS) is 14.3. The molecule has 0 saturated carbocycles. The highest BCUT2D eigenvalue weighted by Gasteiger charge is 2.27. The standard InChI is InChI=1S/C27H31N7O4/c1-5-23-29-25(17(4)37-23)27(28-16(2)3)38-22-14-19-15-34(24(35)9-8-20-7-6-12-36-20)11-10-18(19)13-21(22)26-30-32-33-31-26/h6-9,12-14,16,27-28H,5,10-11,15H2,1-4H3,(H,30,31,32,33)/b9-8+. The number of benzene rings is 1. The number of fused-ring (bicyclic) bond motifs is 1. The Labute approximate surface area is 220 Å². The highest BCUT2D eigenvalue weighted by Crippen LogP contribution is 2.36. The summed E-state index contributed by atoms with van der Waals surface area (Å²) in [6.07, 6.45) is 5.60. The number of hydrogen-bond acceptors (Lipinski definition) is 9. The number of carbonyl (C=O) groups excluding carboxylic acids is 1. The van der Waals surface area contributed by atoms with Crippen LogP contribution in [0.2, 0.25) is 0 Å². The Kier molecular flexibility index (Phi) is 7.36. The smallest absolute Gasteiger partial charge is 0.246 e. The molecule has 4 heterocycles. The Morgan fingerprint density at radius 1 is 1.32 bits per heavy atom. The number of nitrogens with one attached hydrogen (secondary N) is 2. The first-order valence-corrected chi connectivity index (χ1v) is 12.7. The lowest BCUT2D eigenvalue weighted by Gasteiger charge is -2.30. The zero-order chi connectivity index (χ0) is 26.6. The minimum atomic E-state index is -0.569. The minimum absolute atomic E-state index is 0.0820. The average molecular weight is 518 g/mol. The van der Waals surface area contributed by atoms with Crippen molar-refractivity contribution in [3.05, 3.63) is 70.8 Å². The number of H-pyrrole nitrogens is 1. The number of ether oxygens (including phenoxy) is 1. The van der Waals surface area contributed by atoms with Crippen LogP contribution in [0.4, 0.5) is 0 Å². The molecule has 1 atom stereocenters.